The summed E-state index contributed by atoms with van der Waals surface area (Å²) in [5.41, 5.74) is 1.42. The van der Waals surface area contributed by atoms with Crippen molar-refractivity contribution in [3.05, 3.63) is 70.8 Å². The number of hydrogen-bond donors (Lipinski definition) is 0. The Morgan fingerprint density at radius 3 is 2.19 bits per heavy atom. The quantitative estimate of drug-likeness (QED) is 0.368. The molecule has 2 aromatic rings. The number of carbonyl (C=O) groups excluding carboxylic acids is 2. The second kappa shape index (κ2) is 6.86. The van der Waals surface area contributed by atoms with Crippen molar-refractivity contribution in [2.24, 2.45) is 0 Å². The van der Waals surface area contributed by atoms with Crippen LogP contribution in [-0.2, 0) is 4.79 Å². The molecule has 0 saturated heterocycles. The topological polar surface area (TPSA) is 43.4 Å². The van der Waals surface area contributed by atoms with Crippen LogP contribution in [0.25, 0.3) is 6.08 Å². The summed E-state index contributed by atoms with van der Waals surface area (Å²) in [5, 5.41) is 0.652. The SMILES string of the molecule is CC(=O)Oc1ccc(C(=O)/C=C/c2ccc(Cl)cc2)cc1. The molecule has 0 saturated carbocycles. The van der Waals surface area contributed by atoms with Gasteiger partial charge in [0.15, 0.2) is 5.78 Å². The highest BCUT2D eigenvalue weighted by molar-refractivity contribution is 6.30. The number of esters is 1. The lowest BCUT2D eigenvalue weighted by molar-refractivity contribution is -0.131. The van der Waals surface area contributed by atoms with Crippen LogP contribution in [-0.4, -0.2) is 11.8 Å². The molecule has 0 N–H and O–H groups in total. The van der Waals surface area contributed by atoms with Crippen LogP contribution >= 0.6 is 11.6 Å². The predicted molar refractivity (Wildman–Crippen MR) is 82.6 cm³/mol. The number of benzene rings is 2. The van der Waals surface area contributed by atoms with E-state index in [1.165, 1.54) is 13.0 Å². The molecule has 2 aromatic carbocycles. The van der Waals surface area contributed by atoms with E-state index in [4.69, 9.17) is 16.3 Å². The van der Waals surface area contributed by atoms with Gasteiger partial charge in [-0.25, -0.2) is 0 Å². The van der Waals surface area contributed by atoms with Crippen molar-refractivity contribution in [1.29, 1.82) is 0 Å². The maximum absolute atomic E-state index is 12.0. The minimum atomic E-state index is -0.392. The summed E-state index contributed by atoms with van der Waals surface area (Å²) in [6, 6.07) is 13.6. The van der Waals surface area contributed by atoms with E-state index in [0.29, 0.717) is 16.3 Å². The smallest absolute Gasteiger partial charge is 0.308 e. The Kier molecular flexibility index (Phi) is 4.90. The molecule has 0 aliphatic heterocycles. The number of hydrogen-bond acceptors (Lipinski definition) is 3. The van der Waals surface area contributed by atoms with Gasteiger partial charge in [0, 0.05) is 17.5 Å². The molecule has 21 heavy (non-hydrogen) atoms. The normalized spacial score (nSPS) is 10.6. The molecule has 0 unspecified atom stereocenters. The van der Waals surface area contributed by atoms with Crippen molar-refractivity contribution in [3.8, 4) is 5.75 Å². The van der Waals surface area contributed by atoms with Crippen LogP contribution in [0.2, 0.25) is 5.02 Å². The second-order valence-corrected chi connectivity index (χ2v) is 4.80. The van der Waals surface area contributed by atoms with Gasteiger partial charge in [-0.1, -0.05) is 29.8 Å². The van der Waals surface area contributed by atoms with Crippen LogP contribution in [0.1, 0.15) is 22.8 Å². The summed E-state index contributed by atoms with van der Waals surface area (Å²) in [6.07, 6.45) is 3.21. The van der Waals surface area contributed by atoms with E-state index in [1.807, 2.05) is 12.1 Å². The van der Waals surface area contributed by atoms with E-state index in [0.717, 1.165) is 5.56 Å². The molecule has 0 amide bonds. The lowest BCUT2D eigenvalue weighted by atomic mass is 10.1. The Balaban J connectivity index is 2.06. The molecular formula is C17H13ClO3. The van der Waals surface area contributed by atoms with Gasteiger partial charge in [0.25, 0.3) is 0 Å². The van der Waals surface area contributed by atoms with Crippen molar-refractivity contribution in [3.63, 3.8) is 0 Å². The number of halogens is 1. The fraction of sp³-hybridized carbons (Fsp3) is 0.0588. The van der Waals surface area contributed by atoms with Crippen molar-refractivity contribution >= 4 is 29.4 Å². The molecule has 106 valence electrons. The van der Waals surface area contributed by atoms with Gasteiger partial charge in [0.1, 0.15) is 5.75 Å². The van der Waals surface area contributed by atoms with Gasteiger partial charge >= 0.3 is 5.97 Å². The third kappa shape index (κ3) is 4.58. The van der Waals surface area contributed by atoms with Crippen molar-refractivity contribution in [2.75, 3.05) is 0 Å². The van der Waals surface area contributed by atoms with Gasteiger partial charge in [-0.05, 0) is 48.0 Å². The van der Waals surface area contributed by atoms with Crippen LogP contribution < -0.4 is 4.74 Å². The Morgan fingerprint density at radius 2 is 1.62 bits per heavy atom. The van der Waals surface area contributed by atoms with Gasteiger partial charge < -0.3 is 4.74 Å². The predicted octanol–water partition coefficient (Wildman–Crippen LogP) is 4.16. The van der Waals surface area contributed by atoms with Crippen LogP contribution in [0.15, 0.2) is 54.6 Å². The third-order valence-electron chi connectivity index (χ3n) is 2.70. The molecule has 0 bridgehead atoms. The zero-order valence-electron chi connectivity index (χ0n) is 11.4. The summed E-state index contributed by atoms with van der Waals surface area (Å²) >= 11 is 5.79. The zero-order chi connectivity index (χ0) is 15.2. The molecule has 0 aromatic heterocycles. The summed E-state index contributed by atoms with van der Waals surface area (Å²) < 4.78 is 4.91. The number of carbonyl (C=O) groups is 2. The first-order chi connectivity index (χ1) is 10.0. The van der Waals surface area contributed by atoms with Gasteiger partial charge in [-0.3, -0.25) is 9.59 Å². The summed E-state index contributed by atoms with van der Waals surface area (Å²) in [4.78, 5) is 22.8. The van der Waals surface area contributed by atoms with Crippen molar-refractivity contribution in [1.82, 2.24) is 0 Å². The van der Waals surface area contributed by atoms with E-state index in [2.05, 4.69) is 0 Å². The average molecular weight is 301 g/mol. The van der Waals surface area contributed by atoms with Crippen LogP contribution in [0.5, 0.6) is 5.75 Å². The highest BCUT2D eigenvalue weighted by Crippen LogP contribution is 2.14. The van der Waals surface area contributed by atoms with Gasteiger partial charge in [-0.2, -0.15) is 0 Å². The first kappa shape index (κ1) is 15.0. The first-order valence-electron chi connectivity index (χ1n) is 6.31. The molecule has 4 heteroatoms. The van der Waals surface area contributed by atoms with E-state index in [1.54, 1.807) is 42.5 Å². The Morgan fingerprint density at radius 1 is 1.00 bits per heavy atom. The van der Waals surface area contributed by atoms with Crippen LogP contribution in [0.4, 0.5) is 0 Å². The fourth-order valence-electron chi connectivity index (χ4n) is 1.70. The molecule has 0 aliphatic carbocycles. The van der Waals surface area contributed by atoms with Gasteiger partial charge in [0.2, 0.25) is 0 Å². The van der Waals surface area contributed by atoms with Crippen LogP contribution in [0, 0.1) is 0 Å². The minimum Gasteiger partial charge on any atom is -0.427 e. The first-order valence-corrected chi connectivity index (χ1v) is 6.69. The number of allylic oxidation sites excluding steroid dienone is 1. The molecule has 0 atom stereocenters. The second-order valence-electron chi connectivity index (χ2n) is 4.37. The fourth-order valence-corrected chi connectivity index (χ4v) is 1.82. The number of ketones is 1. The van der Waals surface area contributed by atoms with E-state index in [-0.39, 0.29) is 5.78 Å². The third-order valence-corrected chi connectivity index (χ3v) is 2.95. The zero-order valence-corrected chi connectivity index (χ0v) is 12.1. The van der Waals surface area contributed by atoms with E-state index >= 15 is 0 Å². The molecule has 0 aliphatic rings. The van der Waals surface area contributed by atoms with Gasteiger partial charge in [-0.15, -0.1) is 0 Å². The number of rotatable bonds is 4. The summed E-state index contributed by atoms with van der Waals surface area (Å²) in [6.45, 7) is 1.33. The number of ether oxygens (including phenoxy) is 1. The Hall–Kier alpha value is -2.39. The summed E-state index contributed by atoms with van der Waals surface area (Å²) in [5.74, 6) is -0.100. The monoisotopic (exact) mass is 300 g/mol. The lowest BCUT2D eigenvalue weighted by Crippen LogP contribution is -2.01. The average Bonchev–Trinajstić information content (AvgIpc) is 2.46. The highest BCUT2D eigenvalue weighted by atomic mass is 35.5. The molecule has 3 nitrogen and oxygen atoms in total. The van der Waals surface area contributed by atoms with E-state index < -0.39 is 5.97 Å². The highest BCUT2D eigenvalue weighted by Gasteiger charge is 2.03. The maximum atomic E-state index is 12.0. The molecule has 0 spiro atoms. The lowest BCUT2D eigenvalue weighted by Gasteiger charge is -2.01. The minimum absolute atomic E-state index is 0.126. The maximum Gasteiger partial charge on any atom is 0.308 e. The largest absolute Gasteiger partial charge is 0.427 e. The van der Waals surface area contributed by atoms with Crippen molar-refractivity contribution in [2.45, 2.75) is 6.92 Å². The van der Waals surface area contributed by atoms with E-state index in [9.17, 15) is 9.59 Å². The molecule has 0 radical (unpaired) electrons. The Bertz CT molecular complexity index is 670. The molecular weight excluding hydrogens is 288 g/mol. The van der Waals surface area contributed by atoms with Crippen LogP contribution in [0.3, 0.4) is 0 Å². The van der Waals surface area contributed by atoms with Gasteiger partial charge in [0.05, 0.1) is 0 Å². The Labute approximate surface area is 127 Å². The molecule has 0 fully saturated rings. The molecule has 0 heterocycles. The summed E-state index contributed by atoms with van der Waals surface area (Å²) in [7, 11) is 0. The van der Waals surface area contributed by atoms with Crippen molar-refractivity contribution < 1.29 is 14.3 Å². The standard InChI is InChI=1S/C17H13ClO3/c1-12(19)21-16-9-5-14(6-10-16)17(20)11-4-13-2-7-15(18)8-3-13/h2-11H,1H3/b11-4+. The molecule has 2 rings (SSSR count).